The minimum absolute atomic E-state index is 0.102. The van der Waals surface area contributed by atoms with Crippen LogP contribution >= 0.6 is 12.6 Å². The minimum atomic E-state index is -0.127. The lowest BCUT2D eigenvalue weighted by Gasteiger charge is -2.06. The summed E-state index contributed by atoms with van der Waals surface area (Å²) < 4.78 is 0. The second-order valence-electron chi connectivity index (χ2n) is 4.98. The molecule has 0 spiro atoms. The zero-order valence-corrected chi connectivity index (χ0v) is 13.4. The molecule has 0 saturated heterocycles. The predicted molar refractivity (Wildman–Crippen MR) is 87.0 cm³/mol. The lowest BCUT2D eigenvalue weighted by molar-refractivity contribution is -0.121. The summed E-state index contributed by atoms with van der Waals surface area (Å²) in [7, 11) is 0. The topological polar surface area (TPSA) is 58.2 Å². The van der Waals surface area contributed by atoms with Crippen LogP contribution < -0.4 is 10.6 Å². The number of thiol groups is 1. The molecule has 0 saturated carbocycles. The van der Waals surface area contributed by atoms with E-state index in [1.807, 2.05) is 0 Å². The molecule has 116 valence electrons. The van der Waals surface area contributed by atoms with Crippen molar-refractivity contribution < 1.29 is 9.59 Å². The molecule has 0 heterocycles. The molecule has 0 rings (SSSR count). The number of hydrogen-bond acceptors (Lipinski definition) is 3. The molecule has 0 fully saturated rings. The van der Waals surface area contributed by atoms with Crippen molar-refractivity contribution in [1.29, 1.82) is 0 Å². The van der Waals surface area contributed by atoms with Gasteiger partial charge in [0.1, 0.15) is 0 Å². The highest BCUT2D eigenvalue weighted by atomic mass is 32.1. The Morgan fingerprint density at radius 1 is 0.950 bits per heavy atom. The van der Waals surface area contributed by atoms with Gasteiger partial charge in [0, 0.05) is 25.1 Å². The average molecular weight is 300 g/mol. The number of carbonyl (C=O) groups is 2. The quantitative estimate of drug-likeness (QED) is 0.294. The van der Waals surface area contributed by atoms with E-state index in [0.717, 1.165) is 31.4 Å². The van der Waals surface area contributed by atoms with Gasteiger partial charge in [-0.3, -0.25) is 9.59 Å². The summed E-state index contributed by atoms with van der Waals surface area (Å²) in [6.07, 6.45) is 6.94. The fourth-order valence-corrected chi connectivity index (χ4v) is 1.91. The maximum absolute atomic E-state index is 11.5. The van der Waals surface area contributed by atoms with E-state index in [4.69, 9.17) is 0 Å². The number of rotatable bonds is 12. The molecule has 0 radical (unpaired) electrons. The highest BCUT2D eigenvalue weighted by molar-refractivity contribution is 7.80. The lowest BCUT2D eigenvalue weighted by atomic mass is 10.1. The van der Waals surface area contributed by atoms with E-state index in [-0.39, 0.29) is 11.8 Å². The highest BCUT2D eigenvalue weighted by Crippen LogP contribution is 2.05. The van der Waals surface area contributed by atoms with Crippen LogP contribution in [0.1, 0.15) is 51.9 Å². The van der Waals surface area contributed by atoms with Crippen molar-refractivity contribution in [3.63, 3.8) is 0 Å². The van der Waals surface area contributed by atoms with Gasteiger partial charge in [-0.1, -0.05) is 25.8 Å². The van der Waals surface area contributed by atoms with Crippen molar-refractivity contribution in [2.75, 3.05) is 18.8 Å². The number of unbranched alkanes of at least 4 members (excludes halogenated alkanes) is 4. The van der Waals surface area contributed by atoms with E-state index in [9.17, 15) is 9.59 Å². The first-order chi connectivity index (χ1) is 9.57. The van der Waals surface area contributed by atoms with Crippen LogP contribution in [0.3, 0.4) is 0 Å². The van der Waals surface area contributed by atoms with Gasteiger partial charge in [-0.15, -0.1) is 0 Å². The third-order valence-electron chi connectivity index (χ3n) is 2.91. The normalized spacial score (nSPS) is 10.1. The molecule has 5 heteroatoms. The van der Waals surface area contributed by atoms with Crippen LogP contribution in [0.15, 0.2) is 12.2 Å². The summed E-state index contributed by atoms with van der Waals surface area (Å²) in [6, 6.07) is 0. The molecule has 0 unspecified atom stereocenters. The van der Waals surface area contributed by atoms with Crippen LogP contribution in [0.25, 0.3) is 0 Å². The van der Waals surface area contributed by atoms with E-state index in [1.165, 1.54) is 12.8 Å². The van der Waals surface area contributed by atoms with Crippen LogP contribution in [-0.4, -0.2) is 30.7 Å². The van der Waals surface area contributed by atoms with E-state index >= 15 is 0 Å². The van der Waals surface area contributed by atoms with E-state index in [0.29, 0.717) is 25.1 Å². The second-order valence-corrected chi connectivity index (χ2v) is 5.43. The fourth-order valence-electron chi connectivity index (χ4n) is 1.69. The first-order valence-corrected chi connectivity index (χ1v) is 8.02. The highest BCUT2D eigenvalue weighted by Gasteiger charge is 2.02. The maximum Gasteiger partial charge on any atom is 0.246 e. The first-order valence-electron chi connectivity index (χ1n) is 7.39. The van der Waals surface area contributed by atoms with Gasteiger partial charge < -0.3 is 10.6 Å². The number of carbonyl (C=O) groups excluding carboxylic acids is 2. The molecule has 0 aliphatic rings. The summed E-state index contributed by atoms with van der Waals surface area (Å²) in [4.78, 5) is 22.7. The monoisotopic (exact) mass is 300 g/mol. The Morgan fingerprint density at radius 2 is 1.55 bits per heavy atom. The maximum atomic E-state index is 11.5. The van der Waals surface area contributed by atoms with Crippen molar-refractivity contribution in [2.24, 2.45) is 0 Å². The van der Waals surface area contributed by atoms with Crippen LogP contribution in [-0.2, 0) is 9.59 Å². The number of hydrogen-bond donors (Lipinski definition) is 3. The summed E-state index contributed by atoms with van der Waals surface area (Å²) in [6.45, 7) is 6.40. The zero-order valence-electron chi connectivity index (χ0n) is 12.5. The van der Waals surface area contributed by atoms with Gasteiger partial charge in [-0.25, -0.2) is 0 Å². The fraction of sp³-hybridized carbons (Fsp3) is 0.733. The molecule has 0 bridgehead atoms. The molecule has 20 heavy (non-hydrogen) atoms. The molecule has 0 aliphatic heterocycles. The molecular formula is C15H28N2O2S. The van der Waals surface area contributed by atoms with E-state index in [2.05, 4.69) is 29.8 Å². The Balaban J connectivity index is 3.32. The molecule has 2 amide bonds. The van der Waals surface area contributed by atoms with Crippen molar-refractivity contribution in [3.8, 4) is 0 Å². The largest absolute Gasteiger partial charge is 0.356 e. The summed E-state index contributed by atoms with van der Waals surface area (Å²) in [5.74, 6) is 0.922. The Kier molecular flexibility index (Phi) is 12.4. The van der Waals surface area contributed by atoms with Gasteiger partial charge in [0.15, 0.2) is 0 Å². The molecule has 2 N–H and O–H groups in total. The smallest absolute Gasteiger partial charge is 0.246 e. The summed E-state index contributed by atoms with van der Waals surface area (Å²) in [5, 5.41) is 5.59. The Bertz CT molecular complexity index is 306. The molecular weight excluding hydrogens is 272 g/mol. The van der Waals surface area contributed by atoms with Crippen molar-refractivity contribution >= 4 is 24.4 Å². The minimum Gasteiger partial charge on any atom is -0.356 e. The van der Waals surface area contributed by atoms with Crippen LogP contribution in [0, 0.1) is 0 Å². The predicted octanol–water partition coefficient (Wildman–Crippen LogP) is 2.46. The molecule has 0 aliphatic carbocycles. The third-order valence-corrected chi connectivity index (χ3v) is 3.23. The lowest BCUT2D eigenvalue weighted by Crippen LogP contribution is -2.29. The van der Waals surface area contributed by atoms with Gasteiger partial charge in [-0.2, -0.15) is 12.6 Å². The summed E-state index contributed by atoms with van der Waals surface area (Å²) in [5.41, 5.74) is 0.506. The van der Waals surface area contributed by atoms with Gasteiger partial charge >= 0.3 is 0 Å². The Labute approximate surface area is 128 Å². The Hall–Kier alpha value is -0.970. The van der Waals surface area contributed by atoms with Gasteiger partial charge in [0.05, 0.1) is 0 Å². The molecule has 0 aromatic rings. The molecule has 0 atom stereocenters. The van der Waals surface area contributed by atoms with Crippen molar-refractivity contribution in [1.82, 2.24) is 10.6 Å². The van der Waals surface area contributed by atoms with E-state index < -0.39 is 0 Å². The number of nitrogens with one attached hydrogen (secondary N) is 2. The Morgan fingerprint density at radius 3 is 2.20 bits per heavy atom. The van der Waals surface area contributed by atoms with Gasteiger partial charge in [0.25, 0.3) is 0 Å². The molecule has 0 aromatic carbocycles. The standard InChI is InChI=1S/C15H28N2O2S/c1-13(2)15(19)17-11-8-10-16-14(18)9-6-4-3-5-7-12-20/h20H,1,3-12H2,2H3,(H,16,18)(H,17,19). The molecule has 4 nitrogen and oxygen atoms in total. The van der Waals surface area contributed by atoms with Crippen LogP contribution in [0.4, 0.5) is 0 Å². The average Bonchev–Trinajstić information content (AvgIpc) is 2.41. The zero-order chi connectivity index (χ0) is 15.2. The summed E-state index contributed by atoms with van der Waals surface area (Å²) >= 11 is 4.16. The van der Waals surface area contributed by atoms with Crippen molar-refractivity contribution in [2.45, 2.75) is 51.9 Å². The second kappa shape index (κ2) is 13.0. The van der Waals surface area contributed by atoms with Crippen LogP contribution in [0.5, 0.6) is 0 Å². The van der Waals surface area contributed by atoms with Gasteiger partial charge in [-0.05, 0) is 31.9 Å². The van der Waals surface area contributed by atoms with E-state index in [1.54, 1.807) is 6.92 Å². The first kappa shape index (κ1) is 19.0. The molecule has 0 aromatic heterocycles. The van der Waals surface area contributed by atoms with Crippen LogP contribution in [0.2, 0.25) is 0 Å². The third kappa shape index (κ3) is 12.1. The van der Waals surface area contributed by atoms with Crippen molar-refractivity contribution in [3.05, 3.63) is 12.2 Å². The number of amides is 2. The van der Waals surface area contributed by atoms with Gasteiger partial charge in [0.2, 0.25) is 11.8 Å². The SMILES string of the molecule is C=C(C)C(=O)NCCCNC(=O)CCCCCCCS.